The molecule has 0 unspecified atom stereocenters. The van der Waals surface area contributed by atoms with E-state index >= 15 is 0 Å². The van der Waals surface area contributed by atoms with Crippen molar-refractivity contribution in [2.24, 2.45) is 0 Å². The van der Waals surface area contributed by atoms with Crippen LogP contribution in [0.3, 0.4) is 0 Å². The van der Waals surface area contributed by atoms with Gasteiger partial charge in [0.15, 0.2) is 0 Å². The predicted molar refractivity (Wildman–Crippen MR) is 47.5 cm³/mol. The molecule has 0 aromatic carbocycles. The van der Waals surface area contributed by atoms with Crippen LogP contribution in [0.2, 0.25) is 0 Å². The summed E-state index contributed by atoms with van der Waals surface area (Å²) in [5.74, 6) is -0.307. The molecule has 74 valence electrons. The highest BCUT2D eigenvalue weighted by Gasteiger charge is 2.34. The van der Waals surface area contributed by atoms with E-state index in [0.717, 1.165) is 0 Å². The molecule has 1 rings (SSSR count). The smallest absolute Gasteiger partial charge is 0.327 e. The molecule has 1 fully saturated rings. The fourth-order valence-corrected chi connectivity index (χ4v) is 2.27. The van der Waals surface area contributed by atoms with Gasteiger partial charge >= 0.3 is 5.97 Å². The number of hydrogen-bond donors (Lipinski definition) is 1. The van der Waals surface area contributed by atoms with Crippen LogP contribution >= 0.6 is 11.8 Å². The fourth-order valence-electron chi connectivity index (χ4n) is 1.10. The van der Waals surface area contributed by atoms with Crippen molar-refractivity contribution in [1.29, 1.82) is 0 Å². The van der Waals surface area contributed by atoms with E-state index in [-0.39, 0.29) is 12.5 Å². The van der Waals surface area contributed by atoms with Crippen molar-refractivity contribution >= 4 is 23.6 Å². The highest BCUT2D eigenvalue weighted by molar-refractivity contribution is 7.99. The van der Waals surface area contributed by atoms with Crippen molar-refractivity contribution in [2.45, 2.75) is 6.04 Å². The average Bonchev–Trinajstić information content (AvgIpc) is 2.52. The van der Waals surface area contributed by atoms with Gasteiger partial charge in [-0.25, -0.2) is 4.79 Å². The van der Waals surface area contributed by atoms with Crippen LogP contribution in [0.4, 0.5) is 0 Å². The Balaban J connectivity index is 2.57. The van der Waals surface area contributed by atoms with Crippen molar-refractivity contribution in [2.75, 3.05) is 25.3 Å². The molecule has 1 aliphatic heterocycles. The molecular weight excluding hydrogens is 194 g/mol. The van der Waals surface area contributed by atoms with E-state index in [1.807, 2.05) is 0 Å². The van der Waals surface area contributed by atoms with Gasteiger partial charge in [0.1, 0.15) is 12.6 Å². The molecule has 1 heterocycles. The molecule has 0 radical (unpaired) electrons. The lowest BCUT2D eigenvalue weighted by Gasteiger charge is -2.19. The Morgan fingerprint density at radius 2 is 2.38 bits per heavy atom. The standard InChI is InChI=1S/C7H11NO4S/c1-12-2-6(9)8-4-13-3-5(8)7(10)11/h5H,2-4H2,1H3,(H,10,11)/t5-/m0/s1. The van der Waals surface area contributed by atoms with Gasteiger partial charge in [-0.1, -0.05) is 0 Å². The summed E-state index contributed by atoms with van der Waals surface area (Å²) in [5, 5.41) is 8.75. The van der Waals surface area contributed by atoms with Crippen LogP contribution in [0.15, 0.2) is 0 Å². The minimum absolute atomic E-state index is 0.0513. The molecule has 0 saturated carbocycles. The Morgan fingerprint density at radius 3 is 2.92 bits per heavy atom. The number of methoxy groups -OCH3 is 1. The number of hydrogen-bond acceptors (Lipinski definition) is 4. The maximum Gasteiger partial charge on any atom is 0.327 e. The minimum atomic E-state index is -0.950. The van der Waals surface area contributed by atoms with Gasteiger partial charge < -0.3 is 14.7 Å². The first-order chi connectivity index (χ1) is 6.16. The van der Waals surface area contributed by atoms with Crippen molar-refractivity contribution in [3.63, 3.8) is 0 Å². The maximum atomic E-state index is 11.3. The number of carboxylic acids is 1. The van der Waals surface area contributed by atoms with Gasteiger partial charge in [-0.3, -0.25) is 4.79 Å². The van der Waals surface area contributed by atoms with Crippen LogP contribution in [0.25, 0.3) is 0 Å². The van der Waals surface area contributed by atoms with E-state index in [9.17, 15) is 9.59 Å². The number of rotatable bonds is 3. The summed E-state index contributed by atoms with van der Waals surface area (Å²) in [4.78, 5) is 23.3. The number of carbonyl (C=O) groups excluding carboxylic acids is 1. The third-order valence-corrected chi connectivity index (χ3v) is 2.77. The van der Waals surface area contributed by atoms with Crippen LogP contribution in [0.1, 0.15) is 0 Å². The Labute approximate surface area is 80.0 Å². The van der Waals surface area contributed by atoms with Crippen LogP contribution in [0, 0.1) is 0 Å². The predicted octanol–water partition coefficient (Wildman–Crippen LogP) is -0.381. The molecule has 1 N–H and O–H groups in total. The number of carboxylic acid groups (broad SMARTS) is 1. The second-order valence-corrected chi connectivity index (χ2v) is 3.65. The number of amides is 1. The maximum absolute atomic E-state index is 11.3. The van der Waals surface area contributed by atoms with Crippen LogP contribution < -0.4 is 0 Å². The molecular formula is C7H11NO4S. The Kier molecular flexibility index (Phi) is 3.56. The minimum Gasteiger partial charge on any atom is -0.480 e. The molecule has 1 saturated heterocycles. The van der Waals surface area contributed by atoms with Crippen molar-refractivity contribution in [3.05, 3.63) is 0 Å². The number of aliphatic carboxylic acids is 1. The van der Waals surface area contributed by atoms with Gasteiger partial charge in [0.25, 0.3) is 0 Å². The van der Waals surface area contributed by atoms with Crippen LogP contribution in [0.5, 0.6) is 0 Å². The number of nitrogens with zero attached hydrogens (tertiary/aromatic N) is 1. The van der Waals surface area contributed by atoms with Gasteiger partial charge in [-0.15, -0.1) is 11.8 Å². The van der Waals surface area contributed by atoms with Gasteiger partial charge in [0.2, 0.25) is 5.91 Å². The summed E-state index contributed by atoms with van der Waals surface area (Å²) in [6.45, 7) is -0.0513. The SMILES string of the molecule is COCC(=O)N1CSC[C@H]1C(=O)O. The summed E-state index contributed by atoms with van der Waals surface area (Å²) in [7, 11) is 1.41. The monoisotopic (exact) mass is 205 g/mol. The van der Waals surface area contributed by atoms with Crippen LogP contribution in [-0.2, 0) is 14.3 Å². The average molecular weight is 205 g/mol. The number of ether oxygens (including phenoxy) is 1. The summed E-state index contributed by atoms with van der Waals surface area (Å²) in [6.07, 6.45) is 0. The fraction of sp³-hybridized carbons (Fsp3) is 0.714. The Bertz CT molecular complexity index is 221. The summed E-state index contributed by atoms with van der Waals surface area (Å²) in [5.41, 5.74) is 0. The van der Waals surface area contributed by atoms with Crippen molar-refractivity contribution < 1.29 is 19.4 Å². The first-order valence-electron chi connectivity index (χ1n) is 3.75. The molecule has 0 aliphatic carbocycles. The normalized spacial score (nSPS) is 21.9. The van der Waals surface area contributed by atoms with Crippen LogP contribution in [-0.4, -0.2) is 53.3 Å². The number of thioether (sulfide) groups is 1. The second kappa shape index (κ2) is 4.48. The van der Waals surface area contributed by atoms with Crippen molar-refractivity contribution in [1.82, 2.24) is 4.90 Å². The van der Waals surface area contributed by atoms with Gasteiger partial charge in [0.05, 0.1) is 5.88 Å². The molecule has 5 nitrogen and oxygen atoms in total. The van der Waals surface area contributed by atoms with Gasteiger partial charge in [-0.2, -0.15) is 0 Å². The van der Waals surface area contributed by atoms with Crippen molar-refractivity contribution in [3.8, 4) is 0 Å². The highest BCUT2D eigenvalue weighted by Crippen LogP contribution is 2.20. The first kappa shape index (κ1) is 10.3. The molecule has 1 aliphatic rings. The molecule has 0 spiro atoms. The molecule has 13 heavy (non-hydrogen) atoms. The highest BCUT2D eigenvalue weighted by atomic mass is 32.2. The molecule has 1 atom stereocenters. The Hall–Kier alpha value is -0.750. The third-order valence-electron chi connectivity index (χ3n) is 1.76. The van der Waals surface area contributed by atoms with E-state index in [1.54, 1.807) is 0 Å². The lowest BCUT2D eigenvalue weighted by Crippen LogP contribution is -2.43. The molecule has 6 heteroatoms. The largest absolute Gasteiger partial charge is 0.480 e. The van der Waals surface area contributed by atoms with Gasteiger partial charge in [-0.05, 0) is 0 Å². The summed E-state index contributed by atoms with van der Waals surface area (Å²) < 4.78 is 4.65. The topological polar surface area (TPSA) is 66.8 Å². The van der Waals surface area contributed by atoms with E-state index < -0.39 is 12.0 Å². The van der Waals surface area contributed by atoms with E-state index in [1.165, 1.54) is 23.8 Å². The Morgan fingerprint density at radius 1 is 1.69 bits per heavy atom. The lowest BCUT2D eigenvalue weighted by molar-refractivity contribution is -0.149. The first-order valence-corrected chi connectivity index (χ1v) is 4.91. The number of carbonyl (C=O) groups is 2. The zero-order chi connectivity index (χ0) is 9.84. The quantitative estimate of drug-likeness (QED) is 0.680. The summed E-state index contributed by atoms with van der Waals surface area (Å²) in [6, 6.07) is -0.687. The molecule has 1 amide bonds. The summed E-state index contributed by atoms with van der Waals surface area (Å²) >= 11 is 1.44. The van der Waals surface area contributed by atoms with E-state index in [2.05, 4.69) is 4.74 Å². The van der Waals surface area contributed by atoms with E-state index in [4.69, 9.17) is 5.11 Å². The zero-order valence-corrected chi connectivity index (χ0v) is 8.04. The molecule has 0 aromatic rings. The molecule has 0 bridgehead atoms. The van der Waals surface area contributed by atoms with Gasteiger partial charge in [0, 0.05) is 12.9 Å². The third kappa shape index (κ3) is 2.35. The molecule has 0 aromatic heterocycles. The van der Waals surface area contributed by atoms with E-state index in [0.29, 0.717) is 11.6 Å². The lowest BCUT2D eigenvalue weighted by atomic mass is 10.3. The second-order valence-electron chi connectivity index (χ2n) is 2.65. The zero-order valence-electron chi connectivity index (χ0n) is 7.23.